The second kappa shape index (κ2) is 6.28. The Balaban J connectivity index is 1.88. The minimum absolute atomic E-state index is 0.810. The summed E-state index contributed by atoms with van der Waals surface area (Å²) in [5.41, 5.74) is 3.93. The molecule has 0 unspecified atom stereocenters. The van der Waals surface area contributed by atoms with Crippen LogP contribution in [0.4, 0.5) is 5.69 Å². The molecule has 0 bridgehead atoms. The van der Waals surface area contributed by atoms with E-state index < -0.39 is 0 Å². The van der Waals surface area contributed by atoms with Crippen LogP contribution in [0.25, 0.3) is 10.9 Å². The van der Waals surface area contributed by atoms with E-state index in [-0.39, 0.29) is 0 Å². The first-order chi connectivity index (χ1) is 10.7. The second-order valence-electron chi connectivity index (χ2n) is 4.98. The Hall–Kier alpha value is -2.20. The third kappa shape index (κ3) is 3.17. The van der Waals surface area contributed by atoms with Crippen molar-refractivity contribution < 1.29 is 4.74 Å². The number of aryl methyl sites for hydroxylation is 1. The predicted molar refractivity (Wildman–Crippen MR) is 94.4 cm³/mol. The fourth-order valence-electron chi connectivity index (χ4n) is 2.21. The highest BCUT2D eigenvalue weighted by molar-refractivity contribution is 9.10. The molecule has 0 amide bonds. The van der Waals surface area contributed by atoms with Crippen molar-refractivity contribution in [2.24, 2.45) is 4.99 Å². The number of hydrogen-bond donors (Lipinski definition) is 0. The molecule has 110 valence electrons. The zero-order valence-electron chi connectivity index (χ0n) is 12.4. The summed E-state index contributed by atoms with van der Waals surface area (Å²) in [6.07, 6.45) is 1.84. The van der Waals surface area contributed by atoms with Crippen molar-refractivity contribution in [1.29, 1.82) is 0 Å². The summed E-state index contributed by atoms with van der Waals surface area (Å²) < 4.78 is 6.14. The highest BCUT2D eigenvalue weighted by atomic mass is 79.9. The summed E-state index contributed by atoms with van der Waals surface area (Å²) in [4.78, 5) is 9.02. The van der Waals surface area contributed by atoms with Crippen LogP contribution in [0.2, 0.25) is 0 Å². The molecule has 0 spiro atoms. The normalized spacial score (nSPS) is 11.2. The number of hydrogen-bond acceptors (Lipinski definition) is 3. The minimum atomic E-state index is 0.810. The number of halogens is 1. The number of ether oxygens (including phenoxy) is 1. The summed E-state index contributed by atoms with van der Waals surface area (Å²) in [5.74, 6) is 0.810. The number of aromatic nitrogens is 1. The van der Waals surface area contributed by atoms with E-state index in [2.05, 4.69) is 32.0 Å². The summed E-state index contributed by atoms with van der Waals surface area (Å²) in [5, 5.41) is 1.09. The summed E-state index contributed by atoms with van der Waals surface area (Å²) >= 11 is 3.48. The second-order valence-corrected chi connectivity index (χ2v) is 5.84. The maximum atomic E-state index is 5.22. The van der Waals surface area contributed by atoms with Gasteiger partial charge in [-0.15, -0.1) is 0 Å². The van der Waals surface area contributed by atoms with Gasteiger partial charge >= 0.3 is 0 Å². The molecule has 0 fully saturated rings. The highest BCUT2D eigenvalue weighted by Gasteiger charge is 2.00. The first-order valence-corrected chi connectivity index (χ1v) is 7.70. The van der Waals surface area contributed by atoms with Gasteiger partial charge in [0.1, 0.15) is 5.75 Å². The largest absolute Gasteiger partial charge is 0.496 e. The molecule has 2 aromatic carbocycles. The first kappa shape index (κ1) is 14.7. The first-order valence-electron chi connectivity index (χ1n) is 6.91. The molecule has 4 heteroatoms. The molecule has 0 aliphatic heterocycles. The lowest BCUT2D eigenvalue weighted by Gasteiger charge is -2.03. The summed E-state index contributed by atoms with van der Waals surface area (Å²) in [7, 11) is 1.65. The molecule has 0 atom stereocenters. The molecular formula is C18H15BrN2O. The molecule has 1 heterocycles. The van der Waals surface area contributed by atoms with Crippen LogP contribution in [-0.4, -0.2) is 18.3 Å². The molecule has 0 aliphatic rings. The Morgan fingerprint density at radius 3 is 2.73 bits per heavy atom. The molecule has 0 saturated heterocycles. The lowest BCUT2D eigenvalue weighted by molar-refractivity contribution is 0.412. The van der Waals surface area contributed by atoms with E-state index >= 15 is 0 Å². The van der Waals surface area contributed by atoms with E-state index in [0.717, 1.165) is 38.1 Å². The number of aliphatic imine (C=N–C) groups is 1. The van der Waals surface area contributed by atoms with Crippen LogP contribution in [0.15, 0.2) is 58.0 Å². The fraction of sp³-hybridized carbons (Fsp3) is 0.111. The Bertz CT molecular complexity index is 859. The van der Waals surface area contributed by atoms with Gasteiger partial charge < -0.3 is 4.74 Å². The van der Waals surface area contributed by atoms with Crippen LogP contribution in [0.3, 0.4) is 0 Å². The number of fused-ring (bicyclic) bond motifs is 1. The third-order valence-corrected chi connectivity index (χ3v) is 3.97. The number of benzene rings is 2. The highest BCUT2D eigenvalue weighted by Crippen LogP contribution is 2.25. The van der Waals surface area contributed by atoms with Gasteiger partial charge in [0.15, 0.2) is 0 Å². The van der Waals surface area contributed by atoms with E-state index in [0.29, 0.717) is 0 Å². The van der Waals surface area contributed by atoms with Gasteiger partial charge in [0.25, 0.3) is 0 Å². The van der Waals surface area contributed by atoms with Crippen LogP contribution in [0, 0.1) is 6.92 Å². The van der Waals surface area contributed by atoms with Crippen LogP contribution in [0.5, 0.6) is 5.75 Å². The average Bonchev–Trinajstić information content (AvgIpc) is 2.53. The van der Waals surface area contributed by atoms with Crippen molar-refractivity contribution in [3.05, 3.63) is 64.3 Å². The van der Waals surface area contributed by atoms with Crippen LogP contribution < -0.4 is 4.74 Å². The molecule has 0 radical (unpaired) electrons. The molecular weight excluding hydrogens is 340 g/mol. The molecule has 0 N–H and O–H groups in total. The Labute approximate surface area is 137 Å². The van der Waals surface area contributed by atoms with Crippen molar-refractivity contribution >= 4 is 38.7 Å². The van der Waals surface area contributed by atoms with Crippen molar-refractivity contribution in [2.45, 2.75) is 6.92 Å². The van der Waals surface area contributed by atoms with E-state index in [1.165, 1.54) is 0 Å². The lowest BCUT2D eigenvalue weighted by Crippen LogP contribution is -1.87. The monoisotopic (exact) mass is 354 g/mol. The van der Waals surface area contributed by atoms with Crippen LogP contribution in [0.1, 0.15) is 11.3 Å². The summed E-state index contributed by atoms with van der Waals surface area (Å²) in [6, 6.07) is 16.0. The SMILES string of the molecule is COc1ccc(C=Nc2ccc3nc(C)ccc3c2)cc1Br. The molecule has 0 saturated carbocycles. The summed E-state index contributed by atoms with van der Waals surface area (Å²) in [6.45, 7) is 1.99. The maximum Gasteiger partial charge on any atom is 0.133 e. The van der Waals surface area contributed by atoms with Gasteiger partial charge in [0.05, 0.1) is 22.8 Å². The van der Waals surface area contributed by atoms with Gasteiger partial charge in [-0.2, -0.15) is 0 Å². The Morgan fingerprint density at radius 1 is 1.09 bits per heavy atom. The van der Waals surface area contributed by atoms with Gasteiger partial charge in [0.2, 0.25) is 0 Å². The van der Waals surface area contributed by atoms with Crippen molar-refractivity contribution in [3.8, 4) is 5.75 Å². The number of methoxy groups -OCH3 is 1. The topological polar surface area (TPSA) is 34.5 Å². The quantitative estimate of drug-likeness (QED) is 0.615. The predicted octanol–water partition coefficient (Wildman–Crippen LogP) is 5.06. The van der Waals surface area contributed by atoms with Gasteiger partial charge in [-0.05, 0) is 70.9 Å². The lowest BCUT2D eigenvalue weighted by atomic mass is 10.2. The molecule has 3 rings (SSSR count). The third-order valence-electron chi connectivity index (χ3n) is 3.35. The molecule has 1 aromatic heterocycles. The number of pyridine rings is 1. The zero-order chi connectivity index (χ0) is 15.5. The molecule has 3 aromatic rings. The van der Waals surface area contributed by atoms with Crippen LogP contribution >= 0.6 is 15.9 Å². The van der Waals surface area contributed by atoms with E-state index in [1.807, 2.05) is 55.6 Å². The molecule has 0 aliphatic carbocycles. The minimum Gasteiger partial charge on any atom is -0.496 e. The van der Waals surface area contributed by atoms with Crippen molar-refractivity contribution in [3.63, 3.8) is 0 Å². The maximum absolute atomic E-state index is 5.22. The fourth-order valence-corrected chi connectivity index (χ4v) is 2.77. The smallest absolute Gasteiger partial charge is 0.133 e. The van der Waals surface area contributed by atoms with Crippen molar-refractivity contribution in [2.75, 3.05) is 7.11 Å². The number of rotatable bonds is 3. The van der Waals surface area contributed by atoms with Crippen LogP contribution in [-0.2, 0) is 0 Å². The van der Waals surface area contributed by atoms with Gasteiger partial charge in [-0.3, -0.25) is 9.98 Å². The van der Waals surface area contributed by atoms with Gasteiger partial charge in [0, 0.05) is 17.3 Å². The average molecular weight is 355 g/mol. The zero-order valence-corrected chi connectivity index (χ0v) is 14.0. The number of nitrogens with zero attached hydrogens (tertiary/aromatic N) is 2. The molecule has 22 heavy (non-hydrogen) atoms. The molecule has 3 nitrogen and oxygen atoms in total. The van der Waals surface area contributed by atoms with Gasteiger partial charge in [-0.1, -0.05) is 6.07 Å². The van der Waals surface area contributed by atoms with E-state index in [1.54, 1.807) is 7.11 Å². The van der Waals surface area contributed by atoms with E-state index in [4.69, 9.17) is 4.74 Å². The van der Waals surface area contributed by atoms with Gasteiger partial charge in [-0.25, -0.2) is 0 Å². The Morgan fingerprint density at radius 2 is 1.95 bits per heavy atom. The van der Waals surface area contributed by atoms with Crippen molar-refractivity contribution in [1.82, 2.24) is 4.98 Å². The standard InChI is InChI=1S/C18H15BrN2O/c1-12-3-5-14-10-15(6-7-17(14)21-12)20-11-13-4-8-18(22-2)16(19)9-13/h3-11H,1-2H3. The van der Waals surface area contributed by atoms with E-state index in [9.17, 15) is 0 Å². The Kier molecular flexibility index (Phi) is 4.20.